The van der Waals surface area contributed by atoms with Gasteiger partial charge in [0.05, 0.1) is 0 Å². The summed E-state index contributed by atoms with van der Waals surface area (Å²) in [7, 11) is 0. The molecule has 0 saturated carbocycles. The van der Waals surface area contributed by atoms with Gasteiger partial charge in [0.15, 0.2) is 23.7 Å². The summed E-state index contributed by atoms with van der Waals surface area (Å²) in [4.78, 5) is 0. The molecule has 0 aromatic heterocycles. The quantitative estimate of drug-likeness (QED) is 0.679. The average molecular weight is 316 g/mol. The summed E-state index contributed by atoms with van der Waals surface area (Å²) in [6.07, 6.45) is 6.26. The molecule has 2 unspecified atom stereocenters. The lowest BCUT2D eigenvalue weighted by molar-refractivity contribution is 0.0755. The molecule has 2 aromatic rings. The van der Waals surface area contributed by atoms with Gasteiger partial charge in [-0.1, -0.05) is 55.8 Å². The van der Waals surface area contributed by atoms with Crippen LogP contribution in [0.1, 0.15) is 31.9 Å². The van der Waals surface area contributed by atoms with Crippen molar-refractivity contribution in [1.82, 2.24) is 0 Å². The Bertz CT molecular complexity index is 918. The van der Waals surface area contributed by atoms with Crippen LogP contribution in [0.15, 0.2) is 60.2 Å². The van der Waals surface area contributed by atoms with Crippen molar-refractivity contribution in [3.63, 3.8) is 0 Å². The normalized spacial score (nSPS) is 24.7. The summed E-state index contributed by atoms with van der Waals surface area (Å²) in [5, 5.41) is 0. The molecular weight excluding hydrogens is 296 g/mol. The molecule has 2 aliphatic carbocycles. The smallest absolute Gasteiger partial charge is 0.170 e. The molecule has 1 heterocycles. The zero-order chi connectivity index (χ0) is 16.5. The molecule has 0 fully saturated rings. The minimum Gasteiger partial charge on any atom is -0.478 e. The van der Waals surface area contributed by atoms with Gasteiger partial charge < -0.3 is 9.47 Å². The second-order valence-electron chi connectivity index (χ2n) is 7.42. The highest BCUT2D eigenvalue weighted by molar-refractivity contribution is 5.87. The van der Waals surface area contributed by atoms with E-state index in [0.29, 0.717) is 0 Å². The zero-order valence-electron chi connectivity index (χ0n) is 14.2. The summed E-state index contributed by atoms with van der Waals surface area (Å²) >= 11 is 0. The van der Waals surface area contributed by atoms with E-state index in [-0.39, 0.29) is 17.6 Å². The van der Waals surface area contributed by atoms with Crippen molar-refractivity contribution in [1.29, 1.82) is 0 Å². The van der Waals surface area contributed by atoms with Gasteiger partial charge in [0, 0.05) is 11.0 Å². The Hall–Kier alpha value is -2.48. The summed E-state index contributed by atoms with van der Waals surface area (Å²) in [5.41, 5.74) is 6.34. The number of hydrogen-bond donors (Lipinski definition) is 0. The van der Waals surface area contributed by atoms with Gasteiger partial charge in [-0.25, -0.2) is 0 Å². The molecule has 2 aromatic carbocycles. The fourth-order valence-corrected chi connectivity index (χ4v) is 4.21. The van der Waals surface area contributed by atoms with Crippen LogP contribution in [0.5, 0.6) is 11.5 Å². The third kappa shape index (κ3) is 1.71. The fourth-order valence-electron chi connectivity index (χ4n) is 4.21. The number of allylic oxidation sites excluding steroid dienone is 2. The van der Waals surface area contributed by atoms with Crippen molar-refractivity contribution in [2.45, 2.75) is 38.4 Å². The number of benzene rings is 2. The molecular formula is C22H20O2. The SMILES string of the molecule is CC1=CC2Oc3ccc4c(c3OC2C=C1)-c1ccccc1C4(C)C. The average Bonchev–Trinajstić information content (AvgIpc) is 2.81. The minimum atomic E-state index is -0.0522. The van der Waals surface area contributed by atoms with Crippen LogP contribution in [0.2, 0.25) is 0 Å². The van der Waals surface area contributed by atoms with Crippen molar-refractivity contribution in [2.75, 3.05) is 0 Å². The van der Waals surface area contributed by atoms with Crippen molar-refractivity contribution >= 4 is 0 Å². The first-order chi connectivity index (χ1) is 11.6. The third-order valence-electron chi connectivity index (χ3n) is 5.48. The van der Waals surface area contributed by atoms with E-state index in [1.807, 2.05) is 0 Å². The lowest BCUT2D eigenvalue weighted by atomic mass is 9.82. The second kappa shape index (κ2) is 4.54. The molecule has 2 heteroatoms. The Morgan fingerprint density at radius 3 is 2.62 bits per heavy atom. The highest BCUT2D eigenvalue weighted by atomic mass is 16.6. The standard InChI is InChI=1S/C22H20O2/c1-13-8-10-17-19(12-13)23-18-11-9-16-20(21(18)24-17)14-6-4-5-7-15(14)22(16,2)3/h4-12,17,19H,1-3H3. The maximum atomic E-state index is 6.42. The molecule has 120 valence electrons. The molecule has 0 spiro atoms. The first-order valence-corrected chi connectivity index (χ1v) is 8.53. The summed E-state index contributed by atoms with van der Waals surface area (Å²) < 4.78 is 12.7. The van der Waals surface area contributed by atoms with Crippen molar-refractivity contribution in [3.05, 3.63) is 71.3 Å². The van der Waals surface area contributed by atoms with Crippen LogP contribution in [-0.2, 0) is 5.41 Å². The molecule has 0 N–H and O–H groups in total. The Morgan fingerprint density at radius 1 is 0.917 bits per heavy atom. The van der Waals surface area contributed by atoms with Gasteiger partial charge in [0.1, 0.15) is 0 Å². The van der Waals surface area contributed by atoms with Gasteiger partial charge in [0.25, 0.3) is 0 Å². The Morgan fingerprint density at radius 2 is 1.75 bits per heavy atom. The topological polar surface area (TPSA) is 18.5 Å². The van der Waals surface area contributed by atoms with E-state index in [1.165, 1.54) is 27.8 Å². The maximum absolute atomic E-state index is 6.42. The van der Waals surface area contributed by atoms with E-state index < -0.39 is 0 Å². The molecule has 3 aliphatic rings. The lowest BCUT2D eigenvalue weighted by Crippen LogP contribution is -2.38. The van der Waals surface area contributed by atoms with E-state index in [0.717, 1.165) is 11.5 Å². The Kier molecular flexibility index (Phi) is 2.63. The van der Waals surface area contributed by atoms with Gasteiger partial charge >= 0.3 is 0 Å². The first-order valence-electron chi connectivity index (χ1n) is 8.53. The summed E-state index contributed by atoms with van der Waals surface area (Å²) in [5.74, 6) is 1.74. The lowest BCUT2D eigenvalue weighted by Gasteiger charge is -2.34. The van der Waals surface area contributed by atoms with Gasteiger partial charge in [-0.15, -0.1) is 0 Å². The zero-order valence-corrected chi connectivity index (χ0v) is 14.2. The van der Waals surface area contributed by atoms with E-state index in [1.54, 1.807) is 0 Å². The molecule has 0 amide bonds. The Labute approximate surface area is 142 Å². The molecule has 0 saturated heterocycles. The van der Waals surface area contributed by atoms with Crippen LogP contribution >= 0.6 is 0 Å². The molecule has 0 bridgehead atoms. The predicted molar refractivity (Wildman–Crippen MR) is 95.7 cm³/mol. The largest absolute Gasteiger partial charge is 0.478 e. The van der Waals surface area contributed by atoms with Crippen molar-refractivity contribution in [3.8, 4) is 22.6 Å². The molecule has 24 heavy (non-hydrogen) atoms. The van der Waals surface area contributed by atoms with E-state index in [2.05, 4.69) is 75.4 Å². The van der Waals surface area contributed by atoms with Gasteiger partial charge in [0.2, 0.25) is 0 Å². The van der Waals surface area contributed by atoms with Crippen molar-refractivity contribution < 1.29 is 9.47 Å². The second-order valence-corrected chi connectivity index (χ2v) is 7.42. The highest BCUT2D eigenvalue weighted by Gasteiger charge is 2.41. The van der Waals surface area contributed by atoms with Crippen molar-refractivity contribution in [2.24, 2.45) is 0 Å². The predicted octanol–water partition coefficient (Wildman–Crippen LogP) is 5.02. The summed E-state index contributed by atoms with van der Waals surface area (Å²) in [6, 6.07) is 12.9. The molecule has 2 atom stereocenters. The molecule has 1 aliphatic heterocycles. The van der Waals surface area contributed by atoms with Crippen LogP contribution in [0.25, 0.3) is 11.1 Å². The number of fused-ring (bicyclic) bond motifs is 6. The molecule has 2 nitrogen and oxygen atoms in total. The van der Waals surface area contributed by atoms with Gasteiger partial charge in [-0.3, -0.25) is 0 Å². The number of rotatable bonds is 0. The molecule has 0 radical (unpaired) electrons. The summed E-state index contributed by atoms with van der Waals surface area (Å²) in [6.45, 7) is 6.65. The van der Waals surface area contributed by atoms with Crippen LogP contribution in [-0.4, -0.2) is 12.2 Å². The van der Waals surface area contributed by atoms with Crippen LogP contribution < -0.4 is 9.47 Å². The van der Waals surface area contributed by atoms with E-state index in [4.69, 9.17) is 9.47 Å². The fraction of sp³-hybridized carbons (Fsp3) is 0.273. The van der Waals surface area contributed by atoms with Crippen LogP contribution in [0.3, 0.4) is 0 Å². The number of hydrogen-bond acceptors (Lipinski definition) is 2. The first kappa shape index (κ1) is 13.9. The maximum Gasteiger partial charge on any atom is 0.170 e. The van der Waals surface area contributed by atoms with E-state index >= 15 is 0 Å². The number of ether oxygens (including phenoxy) is 2. The monoisotopic (exact) mass is 316 g/mol. The van der Waals surface area contributed by atoms with E-state index in [9.17, 15) is 0 Å². The van der Waals surface area contributed by atoms with Gasteiger partial charge in [-0.2, -0.15) is 0 Å². The van der Waals surface area contributed by atoms with Gasteiger partial charge in [-0.05, 0) is 41.8 Å². The third-order valence-corrected chi connectivity index (χ3v) is 5.48. The van der Waals surface area contributed by atoms with Crippen LogP contribution in [0, 0.1) is 0 Å². The van der Waals surface area contributed by atoms with Crippen LogP contribution in [0.4, 0.5) is 0 Å². The minimum absolute atomic E-state index is 0.0138. The molecule has 5 rings (SSSR count). The highest BCUT2D eigenvalue weighted by Crippen LogP contribution is 2.55. The Balaban J connectivity index is 1.73.